The zero-order valence-corrected chi connectivity index (χ0v) is 9.49. The standard InChI is InChI=1S/C7H7N5O2S2/c8-6-3-5(1-2-9-6)16(13,14)12-7-11-10-4-15-7/h1-4H,(H2,8,9)(H,11,12). The minimum atomic E-state index is -3.67. The van der Waals surface area contributed by atoms with Crippen LogP contribution in [0.15, 0.2) is 28.7 Å². The molecule has 84 valence electrons. The highest BCUT2D eigenvalue weighted by atomic mass is 32.2. The van der Waals surface area contributed by atoms with Gasteiger partial charge in [0.25, 0.3) is 10.0 Å². The van der Waals surface area contributed by atoms with E-state index in [1.165, 1.54) is 23.8 Å². The van der Waals surface area contributed by atoms with E-state index in [1.807, 2.05) is 0 Å². The maximum absolute atomic E-state index is 11.8. The van der Waals surface area contributed by atoms with Crippen LogP contribution in [0, 0.1) is 0 Å². The lowest BCUT2D eigenvalue weighted by atomic mass is 10.5. The van der Waals surface area contributed by atoms with Gasteiger partial charge in [0.05, 0.1) is 4.90 Å². The Morgan fingerprint density at radius 2 is 2.25 bits per heavy atom. The Hall–Kier alpha value is -1.74. The van der Waals surface area contributed by atoms with Crippen molar-refractivity contribution in [1.82, 2.24) is 15.2 Å². The molecular weight excluding hydrogens is 250 g/mol. The third-order valence-corrected chi connectivity index (χ3v) is 3.72. The van der Waals surface area contributed by atoms with E-state index in [-0.39, 0.29) is 15.8 Å². The number of nitrogen functional groups attached to an aromatic ring is 1. The number of sulfonamides is 1. The Morgan fingerprint density at radius 1 is 1.44 bits per heavy atom. The summed E-state index contributed by atoms with van der Waals surface area (Å²) in [5.41, 5.74) is 6.83. The fourth-order valence-electron chi connectivity index (χ4n) is 0.986. The summed E-state index contributed by atoms with van der Waals surface area (Å²) >= 11 is 1.09. The third-order valence-electron chi connectivity index (χ3n) is 1.64. The van der Waals surface area contributed by atoms with Gasteiger partial charge in [0.2, 0.25) is 5.13 Å². The number of hydrogen-bond donors (Lipinski definition) is 2. The number of anilines is 2. The first kappa shape index (κ1) is 10.8. The Kier molecular flexibility index (Phi) is 2.71. The maximum atomic E-state index is 11.8. The second-order valence-corrected chi connectivity index (χ2v) is 5.28. The largest absolute Gasteiger partial charge is 0.384 e. The van der Waals surface area contributed by atoms with Crippen LogP contribution in [0.1, 0.15) is 0 Å². The molecule has 0 fully saturated rings. The number of pyridine rings is 1. The minimum Gasteiger partial charge on any atom is -0.384 e. The van der Waals surface area contributed by atoms with Crippen molar-refractivity contribution < 1.29 is 8.42 Å². The number of aromatic nitrogens is 3. The van der Waals surface area contributed by atoms with Gasteiger partial charge in [-0.15, -0.1) is 10.2 Å². The van der Waals surface area contributed by atoms with Gasteiger partial charge < -0.3 is 5.73 Å². The lowest BCUT2D eigenvalue weighted by Crippen LogP contribution is -2.13. The molecule has 2 aromatic heterocycles. The van der Waals surface area contributed by atoms with Gasteiger partial charge in [-0.3, -0.25) is 4.72 Å². The van der Waals surface area contributed by atoms with Crippen molar-refractivity contribution >= 4 is 32.3 Å². The minimum absolute atomic E-state index is 0.0372. The van der Waals surface area contributed by atoms with Crippen LogP contribution in [0.25, 0.3) is 0 Å². The van der Waals surface area contributed by atoms with Gasteiger partial charge in [0, 0.05) is 12.3 Å². The Bertz CT molecular complexity index is 581. The second kappa shape index (κ2) is 4.02. The van der Waals surface area contributed by atoms with Crippen LogP contribution in [0.5, 0.6) is 0 Å². The van der Waals surface area contributed by atoms with Crippen molar-refractivity contribution in [2.75, 3.05) is 10.5 Å². The van der Waals surface area contributed by atoms with Gasteiger partial charge in [-0.05, 0) is 6.07 Å². The normalized spacial score (nSPS) is 11.2. The summed E-state index contributed by atoms with van der Waals surface area (Å²) in [6, 6.07) is 2.61. The molecule has 0 spiro atoms. The summed E-state index contributed by atoms with van der Waals surface area (Å²) in [4.78, 5) is 3.75. The summed E-state index contributed by atoms with van der Waals surface area (Å²) in [6.45, 7) is 0. The van der Waals surface area contributed by atoms with Crippen LogP contribution in [0.4, 0.5) is 10.9 Å². The SMILES string of the molecule is Nc1cc(S(=O)(=O)Nc2nncs2)ccn1. The fourth-order valence-corrected chi connectivity index (χ4v) is 2.70. The van der Waals surface area contributed by atoms with Gasteiger partial charge in [-0.2, -0.15) is 0 Å². The average Bonchev–Trinajstić information content (AvgIpc) is 2.70. The van der Waals surface area contributed by atoms with Crippen molar-refractivity contribution in [1.29, 1.82) is 0 Å². The molecule has 0 atom stereocenters. The Morgan fingerprint density at radius 3 is 2.88 bits per heavy atom. The van der Waals surface area contributed by atoms with Gasteiger partial charge >= 0.3 is 0 Å². The molecule has 0 aliphatic rings. The quantitative estimate of drug-likeness (QED) is 0.819. The maximum Gasteiger partial charge on any atom is 0.263 e. The first-order chi connectivity index (χ1) is 7.58. The van der Waals surface area contributed by atoms with Gasteiger partial charge in [0.15, 0.2) is 0 Å². The molecule has 0 aliphatic carbocycles. The highest BCUT2D eigenvalue weighted by Crippen LogP contribution is 2.17. The van der Waals surface area contributed by atoms with E-state index >= 15 is 0 Å². The second-order valence-electron chi connectivity index (χ2n) is 2.77. The molecular formula is C7H7N5O2S2. The lowest BCUT2D eigenvalue weighted by molar-refractivity contribution is 0.601. The molecule has 0 unspecified atom stereocenters. The summed E-state index contributed by atoms with van der Waals surface area (Å²) in [6.07, 6.45) is 1.32. The smallest absolute Gasteiger partial charge is 0.263 e. The highest BCUT2D eigenvalue weighted by Gasteiger charge is 2.15. The van der Waals surface area contributed by atoms with E-state index < -0.39 is 10.0 Å². The third kappa shape index (κ3) is 2.25. The van der Waals surface area contributed by atoms with Crippen LogP contribution in [-0.4, -0.2) is 23.6 Å². The van der Waals surface area contributed by atoms with Crippen molar-refractivity contribution in [2.24, 2.45) is 0 Å². The highest BCUT2D eigenvalue weighted by molar-refractivity contribution is 7.93. The molecule has 0 saturated carbocycles. The van der Waals surface area contributed by atoms with Crippen LogP contribution < -0.4 is 10.5 Å². The number of hydrogen-bond acceptors (Lipinski definition) is 7. The number of nitrogens with two attached hydrogens (primary N) is 1. The summed E-state index contributed by atoms with van der Waals surface area (Å²) in [5.74, 6) is 0.139. The lowest BCUT2D eigenvalue weighted by Gasteiger charge is -2.04. The van der Waals surface area contributed by atoms with Crippen molar-refractivity contribution in [3.8, 4) is 0 Å². The Labute approximate surface area is 95.4 Å². The van der Waals surface area contributed by atoms with E-state index in [9.17, 15) is 8.42 Å². The first-order valence-corrected chi connectivity index (χ1v) is 6.45. The molecule has 2 heterocycles. The molecule has 0 bridgehead atoms. The molecule has 3 N–H and O–H groups in total. The van der Waals surface area contributed by atoms with Crippen LogP contribution in [0.3, 0.4) is 0 Å². The predicted molar refractivity (Wildman–Crippen MR) is 59.4 cm³/mol. The molecule has 2 rings (SSSR count). The number of nitrogens with zero attached hydrogens (tertiary/aromatic N) is 3. The van der Waals surface area contributed by atoms with E-state index in [4.69, 9.17) is 5.73 Å². The van der Waals surface area contributed by atoms with Gasteiger partial charge in [-0.1, -0.05) is 11.3 Å². The topological polar surface area (TPSA) is 111 Å². The van der Waals surface area contributed by atoms with Gasteiger partial charge in [0.1, 0.15) is 11.3 Å². The van der Waals surface area contributed by atoms with Crippen molar-refractivity contribution in [2.45, 2.75) is 4.90 Å². The van der Waals surface area contributed by atoms with E-state index in [1.54, 1.807) is 0 Å². The van der Waals surface area contributed by atoms with Crippen molar-refractivity contribution in [3.05, 3.63) is 23.8 Å². The average molecular weight is 257 g/mol. The van der Waals surface area contributed by atoms with Crippen molar-refractivity contribution in [3.63, 3.8) is 0 Å². The zero-order valence-electron chi connectivity index (χ0n) is 7.86. The van der Waals surface area contributed by atoms with Crippen LogP contribution >= 0.6 is 11.3 Å². The zero-order chi connectivity index (χ0) is 11.6. The molecule has 0 aromatic carbocycles. The Balaban J connectivity index is 2.33. The molecule has 0 amide bonds. The van der Waals surface area contributed by atoms with E-state index in [0.717, 1.165) is 11.3 Å². The van der Waals surface area contributed by atoms with E-state index in [2.05, 4.69) is 19.9 Å². The molecule has 7 nitrogen and oxygen atoms in total. The van der Waals surface area contributed by atoms with Crippen LogP contribution in [-0.2, 0) is 10.0 Å². The predicted octanol–water partition coefficient (Wildman–Crippen LogP) is 0.316. The van der Waals surface area contributed by atoms with Gasteiger partial charge in [-0.25, -0.2) is 13.4 Å². The molecule has 2 aromatic rings. The molecule has 16 heavy (non-hydrogen) atoms. The fraction of sp³-hybridized carbons (Fsp3) is 0. The summed E-state index contributed by atoms with van der Waals surface area (Å²) in [7, 11) is -3.67. The molecule has 0 saturated heterocycles. The molecule has 0 radical (unpaired) electrons. The number of nitrogens with one attached hydrogen (secondary N) is 1. The van der Waals surface area contributed by atoms with E-state index in [0.29, 0.717) is 0 Å². The number of rotatable bonds is 3. The molecule has 0 aliphatic heterocycles. The first-order valence-electron chi connectivity index (χ1n) is 4.08. The molecule has 9 heteroatoms. The summed E-state index contributed by atoms with van der Waals surface area (Å²) < 4.78 is 25.9. The van der Waals surface area contributed by atoms with Crippen LogP contribution in [0.2, 0.25) is 0 Å². The summed E-state index contributed by atoms with van der Waals surface area (Å²) in [5, 5.41) is 7.31. The monoisotopic (exact) mass is 257 g/mol.